The highest BCUT2D eigenvalue weighted by Crippen LogP contribution is 2.42. The van der Waals surface area contributed by atoms with E-state index in [1.54, 1.807) is 14.2 Å². The van der Waals surface area contributed by atoms with E-state index in [9.17, 15) is 0 Å². The van der Waals surface area contributed by atoms with E-state index in [4.69, 9.17) is 20.9 Å². The van der Waals surface area contributed by atoms with Crippen molar-refractivity contribution in [2.45, 2.75) is 38.8 Å². The zero-order valence-corrected chi connectivity index (χ0v) is 12.2. The van der Waals surface area contributed by atoms with Gasteiger partial charge in [0.2, 0.25) is 0 Å². The highest BCUT2D eigenvalue weighted by atomic mass is 16.5. The van der Waals surface area contributed by atoms with Crippen molar-refractivity contribution < 1.29 is 9.47 Å². The molecule has 0 radical (unpaired) electrons. The lowest BCUT2D eigenvalue weighted by molar-refractivity contribution is 0.220. The lowest BCUT2D eigenvalue weighted by atomic mass is 9.74. The topological polar surface area (TPSA) is 70.5 Å². The van der Waals surface area contributed by atoms with Gasteiger partial charge in [0.25, 0.3) is 0 Å². The zero-order chi connectivity index (χ0) is 14.2. The van der Waals surface area contributed by atoms with Crippen LogP contribution in [0.4, 0.5) is 0 Å². The molecule has 0 amide bonds. The van der Waals surface area contributed by atoms with Crippen molar-refractivity contribution in [1.82, 2.24) is 0 Å². The van der Waals surface area contributed by atoms with Crippen LogP contribution in [0.1, 0.15) is 35.6 Å². The van der Waals surface area contributed by atoms with E-state index < -0.39 is 0 Å². The molecule has 1 fully saturated rings. The summed E-state index contributed by atoms with van der Waals surface area (Å²) >= 11 is 0. The molecule has 0 bridgehead atoms. The van der Waals surface area contributed by atoms with E-state index in [2.05, 4.69) is 0 Å². The maximum atomic E-state index is 6.39. The van der Waals surface area contributed by atoms with Gasteiger partial charge in [-0.1, -0.05) is 0 Å². The first-order chi connectivity index (χ1) is 8.99. The lowest BCUT2D eigenvalue weighted by Gasteiger charge is -2.37. The summed E-state index contributed by atoms with van der Waals surface area (Å²) in [5, 5.41) is 0. The van der Waals surface area contributed by atoms with Crippen molar-refractivity contribution >= 4 is 0 Å². The fourth-order valence-corrected chi connectivity index (χ4v) is 2.87. The number of hydrogen-bond donors (Lipinski definition) is 2. The second kappa shape index (κ2) is 5.39. The number of hydrogen-bond acceptors (Lipinski definition) is 4. The summed E-state index contributed by atoms with van der Waals surface area (Å²) in [5.74, 6) is 2.19. The number of nitrogens with two attached hydrogens (primary N) is 2. The van der Waals surface area contributed by atoms with Gasteiger partial charge in [-0.25, -0.2) is 0 Å². The first-order valence-corrected chi connectivity index (χ1v) is 6.72. The molecular weight excluding hydrogens is 240 g/mol. The minimum Gasteiger partial charge on any atom is -0.496 e. The van der Waals surface area contributed by atoms with E-state index in [1.807, 2.05) is 19.9 Å². The maximum Gasteiger partial charge on any atom is 0.127 e. The van der Waals surface area contributed by atoms with Crippen molar-refractivity contribution in [2.75, 3.05) is 14.2 Å². The van der Waals surface area contributed by atoms with Crippen LogP contribution in [0.3, 0.4) is 0 Å². The summed E-state index contributed by atoms with van der Waals surface area (Å²) in [4.78, 5) is 0. The molecule has 1 atom stereocenters. The van der Waals surface area contributed by atoms with Crippen LogP contribution in [0.5, 0.6) is 11.5 Å². The van der Waals surface area contributed by atoms with E-state index in [-0.39, 0.29) is 6.04 Å². The Labute approximate surface area is 115 Å². The van der Waals surface area contributed by atoms with Crippen LogP contribution in [0.15, 0.2) is 6.07 Å². The Balaban J connectivity index is 2.40. The number of ether oxygens (including phenoxy) is 2. The Morgan fingerprint density at radius 1 is 1.16 bits per heavy atom. The molecule has 0 heterocycles. The van der Waals surface area contributed by atoms with Gasteiger partial charge in [-0.15, -0.1) is 0 Å². The molecule has 4 heteroatoms. The van der Waals surface area contributed by atoms with Crippen LogP contribution in [-0.4, -0.2) is 20.3 Å². The third-order valence-electron chi connectivity index (χ3n) is 4.32. The summed E-state index contributed by atoms with van der Waals surface area (Å²) in [6.07, 6.45) is 1.97. The van der Waals surface area contributed by atoms with Crippen LogP contribution in [-0.2, 0) is 0 Å². The summed E-state index contributed by atoms with van der Waals surface area (Å²) in [5.41, 5.74) is 15.5. The quantitative estimate of drug-likeness (QED) is 0.873. The van der Waals surface area contributed by atoms with Gasteiger partial charge in [0.1, 0.15) is 11.5 Å². The molecular formula is C15H24N2O2. The van der Waals surface area contributed by atoms with E-state index >= 15 is 0 Å². The molecule has 0 aromatic heterocycles. The van der Waals surface area contributed by atoms with Crippen molar-refractivity contribution in [3.63, 3.8) is 0 Å². The van der Waals surface area contributed by atoms with Gasteiger partial charge in [-0.2, -0.15) is 0 Å². The Kier molecular flexibility index (Phi) is 4.02. The standard InChI is InChI=1S/C15H24N2O2/c1-8-9(2)15(19-4)12(7-13(8)18-3)14(17)10-5-11(16)6-10/h7,10-11,14H,5-6,16-17H2,1-4H3. The van der Waals surface area contributed by atoms with Crippen molar-refractivity contribution in [2.24, 2.45) is 17.4 Å². The van der Waals surface area contributed by atoms with Gasteiger partial charge >= 0.3 is 0 Å². The van der Waals surface area contributed by atoms with Gasteiger partial charge in [0, 0.05) is 17.6 Å². The van der Waals surface area contributed by atoms with Gasteiger partial charge in [-0.05, 0) is 49.8 Å². The normalized spacial score (nSPS) is 23.7. The third kappa shape index (κ3) is 2.42. The van der Waals surface area contributed by atoms with Gasteiger partial charge in [-0.3, -0.25) is 0 Å². The molecule has 1 unspecified atom stereocenters. The minimum atomic E-state index is -0.0389. The zero-order valence-electron chi connectivity index (χ0n) is 12.2. The molecule has 0 spiro atoms. The first-order valence-electron chi connectivity index (χ1n) is 6.72. The molecule has 1 saturated carbocycles. The molecule has 1 aromatic carbocycles. The van der Waals surface area contributed by atoms with Gasteiger partial charge < -0.3 is 20.9 Å². The number of benzene rings is 1. The Morgan fingerprint density at radius 2 is 1.79 bits per heavy atom. The molecule has 19 heavy (non-hydrogen) atoms. The summed E-state index contributed by atoms with van der Waals surface area (Å²) in [7, 11) is 3.37. The minimum absolute atomic E-state index is 0.0389. The Bertz CT molecular complexity index is 468. The fraction of sp³-hybridized carbons (Fsp3) is 0.600. The highest BCUT2D eigenvalue weighted by molar-refractivity contribution is 5.53. The largest absolute Gasteiger partial charge is 0.496 e. The number of rotatable bonds is 4. The summed E-state index contributed by atoms with van der Waals surface area (Å²) in [6.45, 7) is 4.07. The van der Waals surface area contributed by atoms with Crippen molar-refractivity contribution in [3.05, 3.63) is 22.8 Å². The monoisotopic (exact) mass is 264 g/mol. The second-order valence-electron chi connectivity index (χ2n) is 5.47. The average molecular weight is 264 g/mol. The smallest absolute Gasteiger partial charge is 0.127 e. The van der Waals surface area contributed by atoms with Crippen LogP contribution in [0, 0.1) is 19.8 Å². The van der Waals surface area contributed by atoms with Gasteiger partial charge in [0.05, 0.1) is 14.2 Å². The molecule has 1 aliphatic carbocycles. The van der Waals surface area contributed by atoms with Crippen LogP contribution >= 0.6 is 0 Å². The predicted octanol–water partition coefficient (Wildman–Crippen LogP) is 2.06. The fourth-order valence-electron chi connectivity index (χ4n) is 2.87. The molecule has 1 aliphatic rings. The molecule has 0 aliphatic heterocycles. The summed E-state index contributed by atoms with van der Waals surface area (Å²) in [6, 6.07) is 2.27. The average Bonchev–Trinajstić information content (AvgIpc) is 2.37. The molecule has 1 aromatic rings. The predicted molar refractivity (Wildman–Crippen MR) is 76.6 cm³/mol. The molecule has 2 rings (SSSR count). The molecule has 4 nitrogen and oxygen atoms in total. The van der Waals surface area contributed by atoms with E-state index in [0.29, 0.717) is 12.0 Å². The molecule has 106 valence electrons. The van der Waals surface area contributed by atoms with Gasteiger partial charge in [0.15, 0.2) is 0 Å². The van der Waals surface area contributed by atoms with Crippen molar-refractivity contribution in [3.8, 4) is 11.5 Å². The lowest BCUT2D eigenvalue weighted by Crippen LogP contribution is -2.41. The summed E-state index contributed by atoms with van der Waals surface area (Å²) < 4.78 is 11.0. The second-order valence-corrected chi connectivity index (χ2v) is 5.47. The van der Waals surface area contributed by atoms with Crippen LogP contribution in [0.25, 0.3) is 0 Å². The Hall–Kier alpha value is -1.26. The van der Waals surface area contributed by atoms with Crippen LogP contribution < -0.4 is 20.9 Å². The SMILES string of the molecule is COc1cc(C(N)C2CC(N)C2)c(OC)c(C)c1C. The highest BCUT2D eigenvalue weighted by Gasteiger charge is 2.33. The Morgan fingerprint density at radius 3 is 2.26 bits per heavy atom. The van der Waals surface area contributed by atoms with E-state index in [1.165, 1.54) is 0 Å². The molecule has 0 saturated heterocycles. The van der Waals surface area contributed by atoms with Crippen LogP contribution in [0.2, 0.25) is 0 Å². The first kappa shape index (κ1) is 14.2. The number of methoxy groups -OCH3 is 2. The van der Waals surface area contributed by atoms with Crippen molar-refractivity contribution in [1.29, 1.82) is 0 Å². The maximum absolute atomic E-state index is 6.39. The van der Waals surface area contributed by atoms with E-state index in [0.717, 1.165) is 41.0 Å². The molecule has 4 N–H and O–H groups in total. The third-order valence-corrected chi connectivity index (χ3v) is 4.32.